The van der Waals surface area contributed by atoms with E-state index >= 15 is 0 Å². The minimum Gasteiger partial charge on any atom is -0.496 e. The van der Waals surface area contributed by atoms with Crippen LogP contribution in [0.15, 0.2) is 42.5 Å². The maximum Gasteiger partial charge on any atom is 0.126 e. The summed E-state index contributed by atoms with van der Waals surface area (Å²) in [4.78, 5) is 0. The number of hydrogen-bond donors (Lipinski definition) is 1. The molecule has 4 heteroatoms. The lowest BCUT2D eigenvalue weighted by molar-refractivity contribution is 0.407. The number of halogens is 2. The summed E-state index contributed by atoms with van der Waals surface area (Å²) < 4.78 is 31.9. The van der Waals surface area contributed by atoms with Gasteiger partial charge in [0, 0.05) is 6.04 Å². The van der Waals surface area contributed by atoms with Crippen molar-refractivity contribution < 1.29 is 13.5 Å². The fraction of sp³-hybridized carbons (Fsp3) is 0.250. The van der Waals surface area contributed by atoms with Gasteiger partial charge in [-0.2, -0.15) is 0 Å². The molecule has 0 saturated carbocycles. The predicted octanol–water partition coefficient (Wildman–Crippen LogP) is 3.09. The van der Waals surface area contributed by atoms with Crippen LogP contribution in [0.4, 0.5) is 8.78 Å². The molecule has 0 amide bonds. The molecule has 0 aliphatic heterocycles. The Hall–Kier alpha value is -1.94. The summed E-state index contributed by atoms with van der Waals surface area (Å²) in [6.45, 7) is 0. The summed E-state index contributed by atoms with van der Waals surface area (Å²) in [6, 6.07) is 10.7. The van der Waals surface area contributed by atoms with Crippen LogP contribution >= 0.6 is 0 Å². The standard InChI is InChI=1S/C16H17F2NO/c1-20-16-5-3-2-4-11(16)9-14(19)10-12-8-13(17)6-7-15(12)18/h2-8,14H,9-10,19H2,1H3. The van der Waals surface area contributed by atoms with Gasteiger partial charge in [-0.1, -0.05) is 18.2 Å². The van der Waals surface area contributed by atoms with Crippen LogP contribution in [-0.4, -0.2) is 13.2 Å². The summed E-state index contributed by atoms with van der Waals surface area (Å²) in [7, 11) is 1.59. The first-order valence-electron chi connectivity index (χ1n) is 6.41. The van der Waals surface area contributed by atoms with Gasteiger partial charge in [0.2, 0.25) is 0 Å². The van der Waals surface area contributed by atoms with Gasteiger partial charge in [-0.3, -0.25) is 0 Å². The minimum absolute atomic E-state index is 0.279. The molecule has 2 rings (SSSR count). The summed E-state index contributed by atoms with van der Waals surface area (Å²) in [5.74, 6) is -0.129. The van der Waals surface area contributed by atoms with Gasteiger partial charge in [0.25, 0.3) is 0 Å². The molecule has 0 aliphatic carbocycles. The number of nitrogens with two attached hydrogens (primary N) is 1. The second-order valence-electron chi connectivity index (χ2n) is 4.72. The maximum atomic E-state index is 13.6. The number of methoxy groups -OCH3 is 1. The van der Waals surface area contributed by atoms with E-state index in [0.717, 1.165) is 23.4 Å². The van der Waals surface area contributed by atoms with Crippen LogP contribution in [0.25, 0.3) is 0 Å². The molecule has 0 aromatic heterocycles. The van der Waals surface area contributed by atoms with Gasteiger partial charge in [0.05, 0.1) is 7.11 Å². The van der Waals surface area contributed by atoms with Gasteiger partial charge < -0.3 is 10.5 Å². The van der Waals surface area contributed by atoms with Crippen molar-refractivity contribution in [2.75, 3.05) is 7.11 Å². The Labute approximate surface area is 117 Å². The second kappa shape index (κ2) is 6.48. The molecule has 2 aromatic rings. The van der Waals surface area contributed by atoms with Gasteiger partial charge in [-0.05, 0) is 48.2 Å². The number of ether oxygens (including phenoxy) is 1. The van der Waals surface area contributed by atoms with Gasteiger partial charge in [0.1, 0.15) is 17.4 Å². The molecule has 106 valence electrons. The van der Waals surface area contributed by atoms with Gasteiger partial charge in [-0.25, -0.2) is 8.78 Å². The number of hydrogen-bond acceptors (Lipinski definition) is 2. The first-order valence-corrected chi connectivity index (χ1v) is 6.41. The molecule has 2 aromatic carbocycles. The molecule has 0 bridgehead atoms. The topological polar surface area (TPSA) is 35.2 Å². The zero-order valence-corrected chi connectivity index (χ0v) is 11.3. The van der Waals surface area contributed by atoms with Crippen molar-refractivity contribution in [2.24, 2.45) is 5.73 Å². The van der Waals surface area contributed by atoms with Crippen molar-refractivity contribution in [2.45, 2.75) is 18.9 Å². The lowest BCUT2D eigenvalue weighted by atomic mass is 9.99. The third-order valence-electron chi connectivity index (χ3n) is 3.16. The molecule has 0 radical (unpaired) electrons. The van der Waals surface area contributed by atoms with Gasteiger partial charge in [0.15, 0.2) is 0 Å². The number of rotatable bonds is 5. The molecule has 0 fully saturated rings. The third-order valence-corrected chi connectivity index (χ3v) is 3.16. The SMILES string of the molecule is COc1ccccc1CC(N)Cc1cc(F)ccc1F. The highest BCUT2D eigenvalue weighted by atomic mass is 19.1. The van der Waals surface area contributed by atoms with Crippen molar-refractivity contribution in [3.05, 3.63) is 65.2 Å². The van der Waals surface area contributed by atoms with E-state index in [9.17, 15) is 8.78 Å². The lowest BCUT2D eigenvalue weighted by Crippen LogP contribution is -2.26. The Morgan fingerprint density at radius 1 is 1.05 bits per heavy atom. The van der Waals surface area contributed by atoms with Crippen LogP contribution in [0.1, 0.15) is 11.1 Å². The molecule has 0 aliphatic rings. The second-order valence-corrected chi connectivity index (χ2v) is 4.72. The fourth-order valence-corrected chi connectivity index (χ4v) is 2.21. The van der Waals surface area contributed by atoms with Crippen LogP contribution in [0.2, 0.25) is 0 Å². The fourth-order valence-electron chi connectivity index (χ4n) is 2.21. The summed E-state index contributed by atoms with van der Waals surface area (Å²) in [5, 5.41) is 0. The first-order chi connectivity index (χ1) is 9.60. The average molecular weight is 277 g/mol. The Bertz CT molecular complexity index is 586. The normalized spacial score (nSPS) is 12.2. The van der Waals surface area contributed by atoms with Crippen LogP contribution in [0, 0.1) is 11.6 Å². The van der Waals surface area contributed by atoms with E-state index in [-0.39, 0.29) is 12.5 Å². The highest BCUT2D eigenvalue weighted by molar-refractivity contribution is 5.34. The zero-order valence-electron chi connectivity index (χ0n) is 11.3. The van der Waals surface area contributed by atoms with E-state index < -0.39 is 11.6 Å². The Morgan fingerprint density at radius 3 is 2.50 bits per heavy atom. The van der Waals surface area contributed by atoms with E-state index in [2.05, 4.69) is 0 Å². The summed E-state index contributed by atoms with van der Waals surface area (Å²) in [6.07, 6.45) is 0.821. The third kappa shape index (κ3) is 3.54. The zero-order chi connectivity index (χ0) is 14.5. The van der Waals surface area contributed by atoms with Crippen LogP contribution in [0.3, 0.4) is 0 Å². The van der Waals surface area contributed by atoms with Crippen molar-refractivity contribution in [1.82, 2.24) is 0 Å². The molecular formula is C16H17F2NO. The largest absolute Gasteiger partial charge is 0.496 e. The highest BCUT2D eigenvalue weighted by Crippen LogP contribution is 2.20. The molecule has 2 nitrogen and oxygen atoms in total. The molecule has 20 heavy (non-hydrogen) atoms. The van der Waals surface area contributed by atoms with Crippen LogP contribution in [-0.2, 0) is 12.8 Å². The first kappa shape index (κ1) is 14.5. The molecule has 2 N–H and O–H groups in total. The van der Waals surface area contributed by atoms with Gasteiger partial charge in [-0.15, -0.1) is 0 Å². The molecule has 0 spiro atoms. The van der Waals surface area contributed by atoms with Crippen LogP contribution < -0.4 is 10.5 Å². The average Bonchev–Trinajstić information content (AvgIpc) is 2.43. The van der Waals surface area contributed by atoms with Crippen molar-refractivity contribution in [3.63, 3.8) is 0 Å². The monoisotopic (exact) mass is 277 g/mol. The Kier molecular flexibility index (Phi) is 4.69. The van der Waals surface area contributed by atoms with Crippen molar-refractivity contribution in [3.8, 4) is 5.75 Å². The highest BCUT2D eigenvalue weighted by Gasteiger charge is 2.12. The minimum atomic E-state index is -0.453. The summed E-state index contributed by atoms with van der Waals surface area (Å²) >= 11 is 0. The maximum absolute atomic E-state index is 13.6. The molecular weight excluding hydrogens is 260 g/mol. The van der Waals surface area contributed by atoms with Gasteiger partial charge >= 0.3 is 0 Å². The molecule has 1 unspecified atom stereocenters. The van der Waals surface area contributed by atoms with E-state index in [4.69, 9.17) is 10.5 Å². The molecule has 0 saturated heterocycles. The number of para-hydroxylation sites is 1. The predicted molar refractivity (Wildman–Crippen MR) is 74.7 cm³/mol. The van der Waals surface area contributed by atoms with E-state index in [1.807, 2.05) is 24.3 Å². The lowest BCUT2D eigenvalue weighted by Gasteiger charge is -2.14. The molecule has 0 heterocycles. The van der Waals surface area contributed by atoms with E-state index in [0.29, 0.717) is 12.0 Å². The van der Waals surface area contributed by atoms with Crippen molar-refractivity contribution >= 4 is 0 Å². The molecule has 1 atom stereocenters. The smallest absolute Gasteiger partial charge is 0.126 e. The Morgan fingerprint density at radius 2 is 1.75 bits per heavy atom. The van der Waals surface area contributed by atoms with E-state index in [1.165, 1.54) is 6.07 Å². The quantitative estimate of drug-likeness (QED) is 0.911. The summed E-state index contributed by atoms with van der Waals surface area (Å²) in [5.41, 5.74) is 7.29. The Balaban J connectivity index is 2.09. The number of benzene rings is 2. The van der Waals surface area contributed by atoms with Crippen molar-refractivity contribution in [1.29, 1.82) is 0 Å². The van der Waals surface area contributed by atoms with Crippen LogP contribution in [0.5, 0.6) is 5.75 Å². The van der Waals surface area contributed by atoms with E-state index in [1.54, 1.807) is 7.11 Å².